The van der Waals surface area contributed by atoms with Crippen molar-refractivity contribution in [3.05, 3.63) is 12.7 Å². The van der Waals surface area contributed by atoms with Crippen molar-refractivity contribution in [2.75, 3.05) is 52.5 Å². The molecule has 0 aromatic heterocycles. The minimum absolute atomic E-state index is 0.0917. The van der Waals surface area contributed by atoms with E-state index in [2.05, 4.69) is 27.4 Å². The number of halogens is 1. The Balaban J connectivity index is 1.71. The number of hydrogen-bond acceptors (Lipinski definition) is 7. The minimum Gasteiger partial charge on any atom is -0.481 e. The first-order valence-corrected chi connectivity index (χ1v) is 13.8. The molecular formula is C25H38BrN3O7. The van der Waals surface area contributed by atoms with Gasteiger partial charge in [0.05, 0.1) is 43.8 Å². The van der Waals surface area contributed by atoms with Gasteiger partial charge in [-0.15, -0.1) is 6.58 Å². The average Bonchev–Trinajstić information content (AvgIpc) is 3.46. The third-order valence-electron chi connectivity index (χ3n) is 8.54. The van der Waals surface area contributed by atoms with E-state index in [1.54, 1.807) is 11.0 Å². The molecule has 0 aromatic rings. The van der Waals surface area contributed by atoms with Gasteiger partial charge in [-0.1, -0.05) is 42.3 Å². The van der Waals surface area contributed by atoms with Crippen molar-refractivity contribution in [1.29, 1.82) is 0 Å². The molecule has 0 aliphatic carbocycles. The lowest BCUT2D eigenvalue weighted by molar-refractivity contribution is -0.154. The molecular weight excluding hydrogens is 534 g/mol. The molecule has 3 unspecified atom stereocenters. The molecule has 4 saturated heterocycles. The number of fused-ring (bicyclic) bond motifs is 1. The van der Waals surface area contributed by atoms with Gasteiger partial charge in [-0.2, -0.15) is 0 Å². The van der Waals surface area contributed by atoms with Gasteiger partial charge in [0.1, 0.15) is 11.6 Å². The van der Waals surface area contributed by atoms with Crippen molar-refractivity contribution < 1.29 is 34.1 Å². The molecule has 2 bridgehead atoms. The molecule has 0 aromatic carbocycles. The van der Waals surface area contributed by atoms with Crippen LogP contribution in [0.3, 0.4) is 0 Å². The Morgan fingerprint density at radius 3 is 2.64 bits per heavy atom. The SMILES string of the molecule is C=CCN(CCN1CCOCC1)C(=O)C1N([C@@H](CO)[C@@H](C)CC)C(=O)[C@@H]2[C@@H](C(=O)O)[C@@H]3OC12CC3Br. The molecule has 11 heteroatoms. The standard InChI is InChI=1S/C25H38BrN3O7/c1-4-6-28(8-7-27-9-11-35-12-10-27)23(32)21-25-13-16(26)20(36-25)18(24(33)34)19(25)22(31)29(21)17(14-30)15(3)5-2/h4,15-21,30H,1,5-14H2,2-3H3,(H,33,34)/t15-,16?,17-,18+,19-,20+,21?,25?/m0/s1. The Bertz CT molecular complexity index is 869. The topological polar surface area (TPSA) is 120 Å². The zero-order valence-electron chi connectivity index (χ0n) is 21.1. The molecule has 0 radical (unpaired) electrons. The molecule has 4 aliphatic rings. The zero-order chi connectivity index (χ0) is 26.2. The fraction of sp³-hybridized carbons (Fsp3) is 0.800. The van der Waals surface area contributed by atoms with Crippen LogP contribution in [0.25, 0.3) is 0 Å². The van der Waals surface area contributed by atoms with Crippen LogP contribution in [0, 0.1) is 17.8 Å². The lowest BCUT2D eigenvalue weighted by Crippen LogP contribution is -2.60. The van der Waals surface area contributed by atoms with Gasteiger partial charge in [0.2, 0.25) is 11.8 Å². The van der Waals surface area contributed by atoms with E-state index in [0.717, 1.165) is 13.1 Å². The molecule has 2 amide bonds. The van der Waals surface area contributed by atoms with Crippen LogP contribution in [-0.2, 0) is 23.9 Å². The summed E-state index contributed by atoms with van der Waals surface area (Å²) in [6.45, 7) is 11.6. The monoisotopic (exact) mass is 571 g/mol. The van der Waals surface area contributed by atoms with Crippen molar-refractivity contribution in [1.82, 2.24) is 14.7 Å². The van der Waals surface area contributed by atoms with Crippen LogP contribution in [0.4, 0.5) is 0 Å². The smallest absolute Gasteiger partial charge is 0.310 e. The van der Waals surface area contributed by atoms with Crippen LogP contribution in [0.5, 0.6) is 0 Å². The van der Waals surface area contributed by atoms with Gasteiger partial charge in [0, 0.05) is 37.6 Å². The number of amides is 2. The summed E-state index contributed by atoms with van der Waals surface area (Å²) in [7, 11) is 0. The number of ether oxygens (including phenoxy) is 2. The highest BCUT2D eigenvalue weighted by atomic mass is 79.9. The summed E-state index contributed by atoms with van der Waals surface area (Å²) in [5.74, 6) is -3.90. The highest BCUT2D eigenvalue weighted by Gasteiger charge is 2.77. The maximum absolute atomic E-state index is 14.3. The second-order valence-electron chi connectivity index (χ2n) is 10.4. The number of nitrogens with zero attached hydrogens (tertiary/aromatic N) is 3. The largest absolute Gasteiger partial charge is 0.481 e. The van der Waals surface area contributed by atoms with E-state index in [1.165, 1.54) is 4.90 Å². The number of carboxylic acids is 1. The van der Waals surface area contributed by atoms with Gasteiger partial charge < -0.3 is 29.5 Å². The Morgan fingerprint density at radius 1 is 1.36 bits per heavy atom. The van der Waals surface area contributed by atoms with Gasteiger partial charge >= 0.3 is 5.97 Å². The first-order chi connectivity index (χ1) is 17.2. The molecule has 8 atom stereocenters. The van der Waals surface area contributed by atoms with Crippen LogP contribution in [0.2, 0.25) is 0 Å². The Hall–Kier alpha value is -1.53. The predicted molar refractivity (Wildman–Crippen MR) is 135 cm³/mol. The second kappa shape index (κ2) is 11.1. The van der Waals surface area contributed by atoms with Crippen LogP contribution in [0.15, 0.2) is 12.7 Å². The Morgan fingerprint density at radius 2 is 2.06 bits per heavy atom. The fourth-order valence-electron chi connectivity index (χ4n) is 6.51. The number of hydrogen-bond donors (Lipinski definition) is 2. The number of rotatable bonds is 11. The van der Waals surface area contributed by atoms with E-state index in [9.17, 15) is 24.6 Å². The lowest BCUT2D eigenvalue weighted by atomic mass is 9.70. The highest BCUT2D eigenvalue weighted by Crippen LogP contribution is 2.60. The van der Waals surface area contributed by atoms with Crippen LogP contribution in [0.1, 0.15) is 26.7 Å². The maximum atomic E-state index is 14.3. The highest BCUT2D eigenvalue weighted by molar-refractivity contribution is 9.09. The van der Waals surface area contributed by atoms with Crippen molar-refractivity contribution in [2.45, 2.75) is 55.3 Å². The molecule has 4 heterocycles. The van der Waals surface area contributed by atoms with E-state index < -0.39 is 47.5 Å². The van der Waals surface area contributed by atoms with Crippen LogP contribution < -0.4 is 0 Å². The second-order valence-corrected chi connectivity index (χ2v) is 11.6. The van der Waals surface area contributed by atoms with Crippen molar-refractivity contribution in [2.24, 2.45) is 17.8 Å². The van der Waals surface area contributed by atoms with Gasteiger partial charge in [-0.05, 0) is 12.3 Å². The molecule has 202 valence electrons. The number of alkyl halides is 1. The number of aliphatic carboxylic acids is 1. The normalized spacial score (nSPS) is 35.5. The van der Waals surface area contributed by atoms with Gasteiger partial charge in [-0.3, -0.25) is 19.3 Å². The van der Waals surface area contributed by atoms with E-state index in [-0.39, 0.29) is 23.3 Å². The Kier molecular flexibility index (Phi) is 8.45. The average molecular weight is 572 g/mol. The van der Waals surface area contributed by atoms with Crippen molar-refractivity contribution in [3.63, 3.8) is 0 Å². The maximum Gasteiger partial charge on any atom is 0.310 e. The molecule has 36 heavy (non-hydrogen) atoms. The number of carbonyl (C=O) groups excluding carboxylic acids is 2. The third-order valence-corrected chi connectivity index (χ3v) is 9.39. The van der Waals surface area contributed by atoms with E-state index in [0.29, 0.717) is 45.7 Å². The third kappa shape index (κ3) is 4.51. The lowest BCUT2D eigenvalue weighted by Gasteiger charge is -2.41. The van der Waals surface area contributed by atoms with Gasteiger partial charge in [0.15, 0.2) is 0 Å². The summed E-state index contributed by atoms with van der Waals surface area (Å²) in [5, 5.41) is 20.4. The molecule has 10 nitrogen and oxygen atoms in total. The Labute approximate surface area is 220 Å². The number of aliphatic hydroxyl groups excluding tert-OH is 1. The van der Waals surface area contributed by atoms with Gasteiger partial charge in [0.25, 0.3) is 0 Å². The molecule has 4 aliphatic heterocycles. The summed E-state index contributed by atoms with van der Waals surface area (Å²) >= 11 is 3.57. The quantitative estimate of drug-likeness (QED) is 0.273. The van der Waals surface area contributed by atoms with Gasteiger partial charge in [-0.25, -0.2) is 0 Å². The van der Waals surface area contributed by atoms with E-state index in [4.69, 9.17) is 9.47 Å². The van der Waals surface area contributed by atoms with Crippen molar-refractivity contribution >= 4 is 33.7 Å². The molecule has 1 spiro atoms. The summed E-state index contributed by atoms with van der Waals surface area (Å²) in [6, 6.07) is -1.63. The number of carbonyl (C=O) groups is 3. The number of morpholine rings is 1. The molecule has 4 rings (SSSR count). The zero-order valence-corrected chi connectivity index (χ0v) is 22.6. The first-order valence-electron chi connectivity index (χ1n) is 12.9. The number of aliphatic hydroxyl groups is 1. The number of likely N-dealkylation sites (tertiary alicyclic amines) is 1. The summed E-state index contributed by atoms with van der Waals surface area (Å²) in [6.07, 6.45) is 2.01. The molecule has 4 fully saturated rings. The first kappa shape index (κ1) is 27.5. The fourth-order valence-corrected chi connectivity index (χ4v) is 7.45. The summed E-state index contributed by atoms with van der Waals surface area (Å²) in [5.41, 5.74) is -1.25. The van der Waals surface area contributed by atoms with E-state index in [1.807, 2.05) is 13.8 Å². The molecule has 2 N–H and O–H groups in total. The van der Waals surface area contributed by atoms with Crippen molar-refractivity contribution in [3.8, 4) is 0 Å². The van der Waals surface area contributed by atoms with Crippen LogP contribution >= 0.6 is 15.9 Å². The summed E-state index contributed by atoms with van der Waals surface area (Å²) in [4.78, 5) is 45.7. The number of carboxylic acid groups (broad SMARTS) is 1. The summed E-state index contributed by atoms with van der Waals surface area (Å²) < 4.78 is 11.8. The molecule has 0 saturated carbocycles. The van der Waals surface area contributed by atoms with Crippen LogP contribution in [-0.4, -0.2) is 124 Å². The minimum atomic E-state index is -1.25. The van der Waals surface area contributed by atoms with E-state index >= 15 is 0 Å². The predicted octanol–water partition coefficient (Wildman–Crippen LogP) is 0.573.